The van der Waals surface area contributed by atoms with Gasteiger partial charge in [-0.3, -0.25) is 0 Å². The molecular weight excluding hydrogens is 134 g/mol. The van der Waals surface area contributed by atoms with Crippen molar-refractivity contribution in [2.75, 3.05) is 19.6 Å². The summed E-state index contributed by atoms with van der Waals surface area (Å²) in [4.78, 5) is 2.64. The molecule has 0 saturated carbocycles. The Labute approximate surface area is 69.8 Å². The third kappa shape index (κ3) is 1.31. The van der Waals surface area contributed by atoms with Crippen molar-refractivity contribution in [3.63, 3.8) is 0 Å². The molecule has 1 nitrogen and oxygen atoms in total. The maximum absolute atomic E-state index is 2.64. The molecule has 2 atom stereocenters. The van der Waals surface area contributed by atoms with Crippen LogP contribution in [0.2, 0.25) is 0 Å². The SMILES string of the molecule is CC1(C)CCN2CCCC1C2. The Bertz CT molecular complexity index is 151. The van der Waals surface area contributed by atoms with Gasteiger partial charge in [-0.05, 0) is 43.7 Å². The molecule has 2 aliphatic heterocycles. The fraction of sp³-hybridized carbons (Fsp3) is 1.00. The second-order valence-electron chi connectivity index (χ2n) is 4.88. The van der Waals surface area contributed by atoms with Crippen molar-refractivity contribution in [1.82, 2.24) is 4.90 Å². The second kappa shape index (κ2) is 2.48. The largest absolute Gasteiger partial charge is 0.303 e. The molecule has 0 aromatic rings. The molecule has 2 saturated heterocycles. The zero-order chi connectivity index (χ0) is 7.90. The number of nitrogens with zero attached hydrogens (tertiary/aromatic N) is 1. The van der Waals surface area contributed by atoms with E-state index in [-0.39, 0.29) is 0 Å². The van der Waals surface area contributed by atoms with E-state index < -0.39 is 0 Å². The summed E-state index contributed by atoms with van der Waals surface area (Å²) in [6.07, 6.45) is 4.33. The highest BCUT2D eigenvalue weighted by atomic mass is 15.1. The van der Waals surface area contributed by atoms with E-state index in [0.29, 0.717) is 5.41 Å². The Morgan fingerprint density at radius 2 is 2.09 bits per heavy atom. The lowest BCUT2D eigenvalue weighted by atomic mass is 9.70. The van der Waals surface area contributed by atoms with Crippen molar-refractivity contribution in [3.8, 4) is 0 Å². The van der Waals surface area contributed by atoms with E-state index in [1.807, 2.05) is 0 Å². The van der Waals surface area contributed by atoms with Gasteiger partial charge in [0.05, 0.1) is 0 Å². The minimum atomic E-state index is 0.636. The molecule has 0 amide bonds. The predicted molar refractivity (Wildman–Crippen MR) is 47.6 cm³/mol. The summed E-state index contributed by atoms with van der Waals surface area (Å²) in [5, 5.41) is 0. The average molecular weight is 153 g/mol. The van der Waals surface area contributed by atoms with Crippen LogP contribution in [0.15, 0.2) is 0 Å². The van der Waals surface area contributed by atoms with Crippen LogP contribution in [0.1, 0.15) is 33.1 Å². The molecule has 0 N–H and O–H groups in total. The van der Waals surface area contributed by atoms with Gasteiger partial charge in [0.2, 0.25) is 0 Å². The molecule has 2 bridgehead atoms. The van der Waals surface area contributed by atoms with Crippen LogP contribution in [0.25, 0.3) is 0 Å². The van der Waals surface area contributed by atoms with E-state index in [1.165, 1.54) is 38.9 Å². The van der Waals surface area contributed by atoms with Gasteiger partial charge in [0.15, 0.2) is 0 Å². The molecule has 2 unspecified atom stereocenters. The summed E-state index contributed by atoms with van der Waals surface area (Å²) in [5.74, 6) is 0.991. The fourth-order valence-electron chi connectivity index (χ4n) is 2.55. The monoisotopic (exact) mass is 153 g/mol. The summed E-state index contributed by atoms with van der Waals surface area (Å²) >= 11 is 0. The van der Waals surface area contributed by atoms with Crippen molar-refractivity contribution in [1.29, 1.82) is 0 Å². The molecule has 0 aliphatic carbocycles. The summed E-state index contributed by atoms with van der Waals surface area (Å²) in [7, 11) is 0. The number of piperidine rings is 2. The van der Waals surface area contributed by atoms with Crippen molar-refractivity contribution < 1.29 is 0 Å². The highest BCUT2D eigenvalue weighted by Gasteiger charge is 2.37. The highest BCUT2D eigenvalue weighted by molar-refractivity contribution is 4.89. The summed E-state index contributed by atoms with van der Waals surface area (Å²) in [5.41, 5.74) is 0.636. The first-order chi connectivity index (χ1) is 5.18. The zero-order valence-electron chi connectivity index (χ0n) is 7.77. The van der Waals surface area contributed by atoms with Crippen LogP contribution >= 0.6 is 0 Å². The highest BCUT2D eigenvalue weighted by Crippen LogP contribution is 2.40. The lowest BCUT2D eigenvalue weighted by Gasteiger charge is -2.47. The third-order valence-corrected chi connectivity index (χ3v) is 3.68. The first-order valence-corrected chi connectivity index (χ1v) is 4.91. The maximum atomic E-state index is 2.64. The minimum Gasteiger partial charge on any atom is -0.303 e. The van der Waals surface area contributed by atoms with Gasteiger partial charge >= 0.3 is 0 Å². The van der Waals surface area contributed by atoms with E-state index in [2.05, 4.69) is 18.7 Å². The predicted octanol–water partition coefficient (Wildman–Crippen LogP) is 2.13. The molecule has 2 rings (SSSR count). The van der Waals surface area contributed by atoms with Gasteiger partial charge < -0.3 is 4.90 Å². The zero-order valence-corrected chi connectivity index (χ0v) is 7.77. The lowest BCUT2D eigenvalue weighted by molar-refractivity contribution is 0.0230. The second-order valence-corrected chi connectivity index (χ2v) is 4.88. The van der Waals surface area contributed by atoms with Crippen LogP contribution in [-0.2, 0) is 0 Å². The lowest BCUT2D eigenvalue weighted by Crippen LogP contribution is -2.48. The standard InChI is InChI=1S/C10H19N/c1-10(2)5-7-11-6-3-4-9(10)8-11/h9H,3-8H2,1-2H3. The third-order valence-electron chi connectivity index (χ3n) is 3.68. The summed E-state index contributed by atoms with van der Waals surface area (Å²) in [6.45, 7) is 8.99. The number of hydrogen-bond acceptors (Lipinski definition) is 1. The van der Waals surface area contributed by atoms with Gasteiger partial charge in [-0.15, -0.1) is 0 Å². The molecule has 2 aliphatic rings. The minimum absolute atomic E-state index is 0.636. The van der Waals surface area contributed by atoms with Crippen LogP contribution in [0.5, 0.6) is 0 Å². The molecule has 1 heteroatoms. The van der Waals surface area contributed by atoms with Crippen LogP contribution < -0.4 is 0 Å². The Balaban J connectivity index is 2.09. The van der Waals surface area contributed by atoms with Crippen molar-refractivity contribution in [2.24, 2.45) is 11.3 Å². The van der Waals surface area contributed by atoms with E-state index in [0.717, 1.165) is 5.92 Å². The van der Waals surface area contributed by atoms with E-state index >= 15 is 0 Å². The molecule has 0 aromatic carbocycles. The molecule has 64 valence electrons. The van der Waals surface area contributed by atoms with Gasteiger partial charge in [0.25, 0.3) is 0 Å². The van der Waals surface area contributed by atoms with Crippen molar-refractivity contribution in [2.45, 2.75) is 33.1 Å². The fourth-order valence-corrected chi connectivity index (χ4v) is 2.55. The number of hydrogen-bond donors (Lipinski definition) is 0. The molecule has 0 spiro atoms. The van der Waals surface area contributed by atoms with E-state index in [4.69, 9.17) is 0 Å². The summed E-state index contributed by atoms with van der Waals surface area (Å²) in [6, 6.07) is 0. The smallest absolute Gasteiger partial charge is 0.00148 e. The first kappa shape index (κ1) is 7.60. The van der Waals surface area contributed by atoms with Crippen LogP contribution in [-0.4, -0.2) is 24.5 Å². The Morgan fingerprint density at radius 3 is 2.82 bits per heavy atom. The maximum Gasteiger partial charge on any atom is 0.00148 e. The molecule has 0 aromatic heterocycles. The normalized spacial score (nSPS) is 42.0. The van der Waals surface area contributed by atoms with Gasteiger partial charge in [-0.25, -0.2) is 0 Å². The number of rotatable bonds is 0. The molecular formula is C10H19N. The van der Waals surface area contributed by atoms with Crippen molar-refractivity contribution in [3.05, 3.63) is 0 Å². The van der Waals surface area contributed by atoms with Crippen LogP contribution in [0, 0.1) is 11.3 Å². The Hall–Kier alpha value is -0.0400. The van der Waals surface area contributed by atoms with Crippen LogP contribution in [0.3, 0.4) is 0 Å². The topological polar surface area (TPSA) is 3.24 Å². The quantitative estimate of drug-likeness (QED) is 0.515. The van der Waals surface area contributed by atoms with Gasteiger partial charge in [-0.1, -0.05) is 13.8 Å². The van der Waals surface area contributed by atoms with Gasteiger partial charge in [-0.2, -0.15) is 0 Å². The molecule has 0 radical (unpaired) electrons. The van der Waals surface area contributed by atoms with Gasteiger partial charge in [0, 0.05) is 6.54 Å². The molecule has 11 heavy (non-hydrogen) atoms. The first-order valence-electron chi connectivity index (χ1n) is 4.91. The summed E-state index contributed by atoms with van der Waals surface area (Å²) < 4.78 is 0. The Morgan fingerprint density at radius 1 is 1.27 bits per heavy atom. The van der Waals surface area contributed by atoms with Crippen molar-refractivity contribution >= 4 is 0 Å². The van der Waals surface area contributed by atoms with Gasteiger partial charge in [0.1, 0.15) is 0 Å². The number of fused-ring (bicyclic) bond motifs is 2. The van der Waals surface area contributed by atoms with E-state index in [9.17, 15) is 0 Å². The average Bonchev–Trinajstić information content (AvgIpc) is 2.00. The molecule has 2 heterocycles. The Kier molecular flexibility index (Phi) is 1.71. The van der Waals surface area contributed by atoms with Crippen LogP contribution in [0.4, 0.5) is 0 Å². The molecule has 2 fully saturated rings. The van der Waals surface area contributed by atoms with E-state index in [1.54, 1.807) is 0 Å².